The molecule has 2 aliphatic heterocycles. The van der Waals surface area contributed by atoms with Gasteiger partial charge in [-0.3, -0.25) is 14.4 Å². The first-order chi connectivity index (χ1) is 23.4. The van der Waals surface area contributed by atoms with Crippen molar-refractivity contribution < 1.29 is 41.7 Å². The zero-order chi connectivity index (χ0) is 35.1. The van der Waals surface area contributed by atoms with Gasteiger partial charge >= 0.3 is 0 Å². The van der Waals surface area contributed by atoms with Crippen molar-refractivity contribution in [2.24, 2.45) is 5.92 Å². The van der Waals surface area contributed by atoms with E-state index < -0.39 is 27.8 Å². The fraction of sp³-hybridized carbons (Fsp3) is 0.472. The van der Waals surface area contributed by atoms with Crippen molar-refractivity contribution in [2.45, 2.75) is 69.7 Å². The molecule has 0 aromatic heterocycles. The van der Waals surface area contributed by atoms with E-state index >= 15 is 0 Å². The molecule has 266 valence electrons. The van der Waals surface area contributed by atoms with Crippen molar-refractivity contribution >= 4 is 21.6 Å². The van der Waals surface area contributed by atoms with E-state index in [0.717, 1.165) is 48.5 Å². The molecule has 3 aromatic rings. The van der Waals surface area contributed by atoms with Gasteiger partial charge in [-0.2, -0.15) is 0 Å². The molecule has 13 heteroatoms. The number of fused-ring (bicyclic) bond motifs is 2. The van der Waals surface area contributed by atoms with Crippen LogP contribution in [0, 0.1) is 11.7 Å². The lowest BCUT2D eigenvalue weighted by Crippen LogP contribution is -2.47. The van der Waals surface area contributed by atoms with Crippen LogP contribution in [0.2, 0.25) is 0 Å². The van der Waals surface area contributed by atoms with Gasteiger partial charge in [0, 0.05) is 37.8 Å². The lowest BCUT2D eigenvalue weighted by molar-refractivity contribution is -0.0177. The van der Waals surface area contributed by atoms with Crippen LogP contribution in [0.3, 0.4) is 0 Å². The van der Waals surface area contributed by atoms with Gasteiger partial charge in [-0.05, 0) is 100 Å². The van der Waals surface area contributed by atoms with E-state index in [1.54, 1.807) is 17.9 Å². The molecule has 11 nitrogen and oxygen atoms in total. The first kappa shape index (κ1) is 36.4. The molecule has 0 unspecified atom stereocenters. The van der Waals surface area contributed by atoms with Crippen LogP contribution in [0.25, 0.3) is 0 Å². The Morgan fingerprint density at radius 1 is 1.02 bits per heavy atom. The van der Waals surface area contributed by atoms with Gasteiger partial charge in [0.1, 0.15) is 11.6 Å². The second kappa shape index (κ2) is 16.2. The Morgan fingerprint density at radius 3 is 2.51 bits per heavy atom. The highest BCUT2D eigenvalue weighted by Gasteiger charge is 2.31. The number of hydrogen-bond donors (Lipinski definition) is 2. The number of aliphatic hydroxyl groups is 1. The Bertz CT molecular complexity index is 1690. The highest BCUT2D eigenvalue weighted by atomic mass is 32.2. The minimum atomic E-state index is -4.08. The number of nitrogens with zero attached hydrogens (tertiary/aromatic N) is 2. The van der Waals surface area contributed by atoms with Crippen molar-refractivity contribution in [3.8, 4) is 17.2 Å². The minimum Gasteiger partial charge on any atom is -0.490 e. The van der Waals surface area contributed by atoms with E-state index in [4.69, 9.17) is 18.9 Å². The number of sulfonamides is 1. The smallest absolute Gasteiger partial charge is 0.261 e. The highest BCUT2D eigenvalue weighted by Crippen LogP contribution is 2.33. The van der Waals surface area contributed by atoms with Crippen molar-refractivity contribution in [1.29, 1.82) is 0 Å². The number of rotatable bonds is 9. The summed E-state index contributed by atoms with van der Waals surface area (Å²) in [5, 5.41) is 10.2. The number of amides is 1. The van der Waals surface area contributed by atoms with E-state index in [0.29, 0.717) is 25.4 Å². The fourth-order valence-corrected chi connectivity index (χ4v) is 7.05. The largest absolute Gasteiger partial charge is 0.490 e. The van der Waals surface area contributed by atoms with E-state index in [2.05, 4.69) is 9.62 Å². The maximum Gasteiger partial charge on any atom is 0.261 e. The fourth-order valence-electron chi connectivity index (χ4n) is 6.00. The van der Waals surface area contributed by atoms with Gasteiger partial charge in [-0.1, -0.05) is 13.0 Å². The number of hydrogen-bond acceptors (Lipinski definition) is 9. The second-order valence-corrected chi connectivity index (χ2v) is 14.6. The molecule has 3 aromatic carbocycles. The molecule has 0 saturated heterocycles. The monoisotopic (exact) mass is 699 g/mol. The summed E-state index contributed by atoms with van der Waals surface area (Å²) in [6, 6.07) is 14.4. The summed E-state index contributed by atoms with van der Waals surface area (Å²) in [7, 11) is -2.06. The molecule has 0 bridgehead atoms. The summed E-state index contributed by atoms with van der Waals surface area (Å²) >= 11 is 0. The Morgan fingerprint density at radius 2 is 1.76 bits per heavy atom. The van der Waals surface area contributed by atoms with Gasteiger partial charge in [-0.15, -0.1) is 0 Å². The number of carbonyl (C=O) groups excluding carboxylic acids is 1. The van der Waals surface area contributed by atoms with Crippen LogP contribution in [-0.2, 0) is 21.3 Å². The molecule has 2 N–H and O–H groups in total. The number of halogens is 1. The number of aliphatic hydroxyl groups excluding tert-OH is 1. The zero-order valence-electron chi connectivity index (χ0n) is 28.4. The molecule has 0 fully saturated rings. The summed E-state index contributed by atoms with van der Waals surface area (Å²) in [4.78, 5) is 18.0. The summed E-state index contributed by atoms with van der Waals surface area (Å²) in [5.74, 6) is 0.671. The van der Waals surface area contributed by atoms with Crippen LogP contribution >= 0.6 is 0 Å². The molecule has 2 heterocycles. The molecule has 1 amide bonds. The van der Waals surface area contributed by atoms with Crippen molar-refractivity contribution in [3.63, 3.8) is 0 Å². The topological polar surface area (TPSA) is 127 Å². The summed E-state index contributed by atoms with van der Waals surface area (Å²) in [6.45, 7) is 7.72. The van der Waals surface area contributed by atoms with E-state index in [-0.39, 0.29) is 54.2 Å². The van der Waals surface area contributed by atoms with E-state index in [1.165, 1.54) is 24.3 Å². The molecular weight excluding hydrogens is 653 g/mol. The van der Waals surface area contributed by atoms with E-state index in [9.17, 15) is 22.7 Å². The molecule has 2 aliphatic rings. The van der Waals surface area contributed by atoms with Crippen LogP contribution in [0.4, 0.5) is 10.1 Å². The summed E-state index contributed by atoms with van der Waals surface area (Å²) in [6.07, 6.45) is 1.93. The minimum absolute atomic E-state index is 0.121. The molecule has 0 radical (unpaired) electrons. The number of ether oxygens (including phenoxy) is 4. The summed E-state index contributed by atoms with van der Waals surface area (Å²) in [5.41, 5.74) is 1.38. The Balaban J connectivity index is 1.40. The third kappa shape index (κ3) is 9.41. The second-order valence-electron chi connectivity index (χ2n) is 13.0. The predicted octanol–water partition coefficient (Wildman–Crippen LogP) is 5.28. The standard InChI is InChI=1S/C36H46FN3O8S/c1-24-19-40(25(2)22-41)36(42)31-18-29(38-49(43,44)30-12-9-28(37)10-13-30)11-15-32(31)48-26(3)7-5-6-16-45-35(24)21-39(4)20-27-8-14-33-34(17-27)47-23-46-33/h8-15,17-18,24-26,35,38,41H,5-7,16,19-23H2,1-4H3/t24-,25+,26-,35+/m0/s1. The first-order valence-corrected chi connectivity index (χ1v) is 18.1. The van der Waals surface area contributed by atoms with Crippen molar-refractivity contribution in [2.75, 3.05) is 44.9 Å². The maximum atomic E-state index is 14.4. The van der Waals surface area contributed by atoms with Crippen LogP contribution in [0.1, 0.15) is 56.0 Å². The Hall–Kier alpha value is -3.91. The highest BCUT2D eigenvalue weighted by molar-refractivity contribution is 7.92. The molecule has 49 heavy (non-hydrogen) atoms. The van der Waals surface area contributed by atoms with Gasteiger partial charge < -0.3 is 29.0 Å². The molecule has 4 atom stereocenters. The molecule has 5 rings (SSSR count). The zero-order valence-corrected chi connectivity index (χ0v) is 29.2. The van der Waals surface area contributed by atoms with Crippen LogP contribution in [-0.4, -0.2) is 87.6 Å². The normalized spacial score (nSPS) is 21.1. The quantitative estimate of drug-likeness (QED) is 0.307. The van der Waals surface area contributed by atoms with Gasteiger partial charge in [0.25, 0.3) is 15.9 Å². The Kier molecular flexibility index (Phi) is 12.0. The lowest BCUT2D eigenvalue weighted by atomic mass is 10.0. The number of likely N-dealkylation sites (N-methyl/N-ethyl adjacent to an activating group) is 1. The number of benzene rings is 3. The molecule has 0 spiro atoms. The van der Waals surface area contributed by atoms with Gasteiger partial charge in [0.2, 0.25) is 6.79 Å². The number of anilines is 1. The SMILES string of the molecule is C[C@H](CO)N1C[C@H](C)[C@@H](CN(C)Cc2ccc3c(c2)OCO3)OCCCC[C@H](C)Oc2ccc(NS(=O)(=O)c3ccc(F)cc3)cc2C1=O. The Labute approximate surface area is 288 Å². The number of carbonyl (C=O) groups is 1. The average Bonchev–Trinajstić information content (AvgIpc) is 3.54. The van der Waals surface area contributed by atoms with Crippen LogP contribution in [0.15, 0.2) is 65.6 Å². The van der Waals surface area contributed by atoms with Gasteiger partial charge in [0.05, 0.1) is 35.3 Å². The average molecular weight is 700 g/mol. The van der Waals surface area contributed by atoms with E-state index in [1.807, 2.05) is 39.1 Å². The van der Waals surface area contributed by atoms with Crippen LogP contribution < -0.4 is 18.9 Å². The van der Waals surface area contributed by atoms with Gasteiger partial charge in [0.15, 0.2) is 11.5 Å². The molecular formula is C36H46FN3O8S. The van der Waals surface area contributed by atoms with Gasteiger partial charge in [-0.25, -0.2) is 12.8 Å². The lowest BCUT2D eigenvalue weighted by Gasteiger charge is -2.36. The van der Waals surface area contributed by atoms with Crippen molar-refractivity contribution in [3.05, 3.63) is 77.6 Å². The van der Waals surface area contributed by atoms with Crippen molar-refractivity contribution in [1.82, 2.24) is 9.80 Å². The molecule has 0 aliphatic carbocycles. The summed E-state index contributed by atoms with van der Waals surface area (Å²) < 4.78 is 65.9. The van der Waals surface area contributed by atoms with Crippen LogP contribution in [0.5, 0.6) is 17.2 Å². The molecule has 0 saturated carbocycles. The first-order valence-electron chi connectivity index (χ1n) is 16.6. The predicted molar refractivity (Wildman–Crippen MR) is 183 cm³/mol. The third-order valence-corrected chi connectivity index (χ3v) is 10.2. The maximum absolute atomic E-state index is 14.4. The number of nitrogens with one attached hydrogen (secondary N) is 1. The third-order valence-electron chi connectivity index (χ3n) is 8.81.